The van der Waals surface area contributed by atoms with Gasteiger partial charge in [0.2, 0.25) is 0 Å². The van der Waals surface area contributed by atoms with Crippen molar-refractivity contribution in [2.75, 3.05) is 0 Å². The zero-order chi connectivity index (χ0) is 21.1. The lowest BCUT2D eigenvalue weighted by atomic mass is 10.0. The predicted octanol–water partition coefficient (Wildman–Crippen LogP) is 7.06. The van der Waals surface area contributed by atoms with Gasteiger partial charge in [0, 0.05) is 0 Å². The van der Waals surface area contributed by atoms with E-state index in [9.17, 15) is 18.1 Å². The lowest BCUT2D eigenvalue weighted by Gasteiger charge is -2.13. The molecule has 0 fully saturated rings. The van der Waals surface area contributed by atoms with E-state index in [0.29, 0.717) is 12.8 Å². The maximum atomic E-state index is 11.4. The van der Waals surface area contributed by atoms with Gasteiger partial charge in [0.1, 0.15) is 0 Å². The van der Waals surface area contributed by atoms with E-state index in [-0.39, 0.29) is 6.10 Å². The third-order valence-corrected chi connectivity index (χ3v) is 7.07. The van der Waals surface area contributed by atoms with E-state index in [2.05, 4.69) is 6.92 Å². The molecule has 0 saturated carbocycles. The summed E-state index contributed by atoms with van der Waals surface area (Å²) in [6.45, 7) is 4.27. The molecule has 0 aromatic heterocycles. The third kappa shape index (κ3) is 17.9. The van der Waals surface area contributed by atoms with Crippen LogP contribution in [-0.2, 0) is 10.1 Å². The quantitative estimate of drug-likeness (QED) is 0.154. The van der Waals surface area contributed by atoms with Gasteiger partial charge in [0.15, 0.2) is 0 Å². The molecule has 0 aliphatic heterocycles. The number of hydrogen-bond acceptors (Lipinski definition) is 3. The fourth-order valence-electron chi connectivity index (χ4n) is 3.81. The van der Waals surface area contributed by atoms with Crippen LogP contribution in [0.1, 0.15) is 136 Å². The molecular weight excluding hydrogens is 372 g/mol. The standard InChI is InChI=1S/C23H48O4S/c1-3-5-7-8-9-12-15-18-22(24)19-16-13-10-11-14-17-21-23(20-6-4-2)28(25,26)27/h22-24H,3-21H2,1-2H3,(H,25,26,27). The highest BCUT2D eigenvalue weighted by Crippen LogP contribution is 2.18. The highest BCUT2D eigenvalue weighted by atomic mass is 32.2. The largest absolute Gasteiger partial charge is 0.393 e. The van der Waals surface area contributed by atoms with E-state index in [0.717, 1.165) is 70.6 Å². The summed E-state index contributed by atoms with van der Waals surface area (Å²) in [6, 6.07) is 0. The zero-order valence-electron chi connectivity index (χ0n) is 18.7. The van der Waals surface area contributed by atoms with Gasteiger partial charge in [-0.05, 0) is 25.7 Å². The maximum Gasteiger partial charge on any atom is 0.267 e. The van der Waals surface area contributed by atoms with Gasteiger partial charge in [0.25, 0.3) is 10.1 Å². The molecule has 0 aliphatic carbocycles. The normalized spacial score (nSPS) is 14.3. The maximum absolute atomic E-state index is 11.4. The summed E-state index contributed by atoms with van der Waals surface area (Å²) >= 11 is 0. The molecule has 5 heteroatoms. The monoisotopic (exact) mass is 420 g/mol. The van der Waals surface area contributed by atoms with Crippen LogP contribution in [0.2, 0.25) is 0 Å². The van der Waals surface area contributed by atoms with Crippen molar-refractivity contribution in [3.05, 3.63) is 0 Å². The molecule has 2 unspecified atom stereocenters. The lowest BCUT2D eigenvalue weighted by molar-refractivity contribution is 0.147. The summed E-state index contributed by atoms with van der Waals surface area (Å²) < 4.78 is 32.1. The van der Waals surface area contributed by atoms with Crippen molar-refractivity contribution < 1.29 is 18.1 Å². The Kier molecular flexibility index (Phi) is 18.8. The molecule has 0 aromatic carbocycles. The van der Waals surface area contributed by atoms with Gasteiger partial charge < -0.3 is 5.11 Å². The Morgan fingerprint density at radius 1 is 0.571 bits per heavy atom. The number of unbranched alkanes of at least 4 members (excludes halogenated alkanes) is 12. The first-order valence-electron chi connectivity index (χ1n) is 12.1. The Hall–Kier alpha value is -0.130. The first kappa shape index (κ1) is 27.9. The van der Waals surface area contributed by atoms with Crippen LogP contribution in [0, 0.1) is 0 Å². The third-order valence-electron chi connectivity index (χ3n) is 5.76. The molecule has 2 atom stereocenters. The topological polar surface area (TPSA) is 74.6 Å². The summed E-state index contributed by atoms with van der Waals surface area (Å²) in [5.41, 5.74) is 0. The van der Waals surface area contributed by atoms with Crippen molar-refractivity contribution in [1.29, 1.82) is 0 Å². The Bertz CT molecular complexity index is 422. The molecule has 170 valence electrons. The molecule has 0 radical (unpaired) electrons. The highest BCUT2D eigenvalue weighted by molar-refractivity contribution is 7.86. The summed E-state index contributed by atoms with van der Waals surface area (Å²) in [4.78, 5) is 0. The zero-order valence-corrected chi connectivity index (χ0v) is 19.5. The summed E-state index contributed by atoms with van der Waals surface area (Å²) in [6.07, 6.45) is 20.1. The molecule has 0 saturated heterocycles. The van der Waals surface area contributed by atoms with Crippen LogP contribution in [0.4, 0.5) is 0 Å². The molecule has 0 amide bonds. The Labute approximate surface area is 175 Å². The Morgan fingerprint density at radius 2 is 0.929 bits per heavy atom. The summed E-state index contributed by atoms with van der Waals surface area (Å²) in [5.74, 6) is 0. The predicted molar refractivity (Wildman–Crippen MR) is 120 cm³/mol. The van der Waals surface area contributed by atoms with Gasteiger partial charge >= 0.3 is 0 Å². The van der Waals surface area contributed by atoms with Gasteiger partial charge in [-0.25, -0.2) is 0 Å². The van der Waals surface area contributed by atoms with Gasteiger partial charge in [-0.3, -0.25) is 4.55 Å². The van der Waals surface area contributed by atoms with Crippen molar-refractivity contribution in [2.45, 2.75) is 147 Å². The minimum absolute atomic E-state index is 0.135. The first-order valence-corrected chi connectivity index (χ1v) is 13.6. The number of rotatable bonds is 21. The summed E-state index contributed by atoms with van der Waals surface area (Å²) in [7, 11) is -3.89. The van der Waals surface area contributed by atoms with Crippen molar-refractivity contribution in [3.8, 4) is 0 Å². The second kappa shape index (κ2) is 18.9. The summed E-state index contributed by atoms with van der Waals surface area (Å²) in [5, 5.41) is 9.48. The van der Waals surface area contributed by atoms with E-state index < -0.39 is 15.4 Å². The molecule has 2 N–H and O–H groups in total. The van der Waals surface area contributed by atoms with Crippen LogP contribution < -0.4 is 0 Å². The first-order chi connectivity index (χ1) is 13.4. The molecule has 0 aliphatic rings. The van der Waals surface area contributed by atoms with Crippen molar-refractivity contribution in [3.63, 3.8) is 0 Å². The van der Waals surface area contributed by atoms with Crippen LogP contribution in [0.3, 0.4) is 0 Å². The Morgan fingerprint density at radius 3 is 1.36 bits per heavy atom. The molecule has 0 rings (SSSR count). The lowest BCUT2D eigenvalue weighted by Crippen LogP contribution is -2.20. The van der Waals surface area contributed by atoms with Gasteiger partial charge in [-0.2, -0.15) is 8.42 Å². The van der Waals surface area contributed by atoms with Gasteiger partial charge in [0.05, 0.1) is 11.4 Å². The van der Waals surface area contributed by atoms with Crippen molar-refractivity contribution in [1.82, 2.24) is 0 Å². The molecule has 0 bridgehead atoms. The minimum Gasteiger partial charge on any atom is -0.393 e. The van der Waals surface area contributed by atoms with Crippen molar-refractivity contribution >= 4 is 10.1 Å². The molecule has 0 heterocycles. The van der Waals surface area contributed by atoms with E-state index in [1.54, 1.807) is 0 Å². The second-order valence-electron chi connectivity index (χ2n) is 8.54. The minimum atomic E-state index is -3.89. The van der Waals surface area contributed by atoms with E-state index in [4.69, 9.17) is 0 Å². The number of aliphatic hydroxyl groups is 1. The highest BCUT2D eigenvalue weighted by Gasteiger charge is 2.21. The number of hydrogen-bond donors (Lipinski definition) is 2. The van der Waals surface area contributed by atoms with Crippen LogP contribution in [0.15, 0.2) is 0 Å². The molecule has 0 aromatic rings. The van der Waals surface area contributed by atoms with Crippen LogP contribution in [0.5, 0.6) is 0 Å². The average Bonchev–Trinajstić information content (AvgIpc) is 2.64. The second-order valence-corrected chi connectivity index (χ2v) is 10.2. The van der Waals surface area contributed by atoms with Crippen LogP contribution >= 0.6 is 0 Å². The fourth-order valence-corrected chi connectivity index (χ4v) is 4.74. The van der Waals surface area contributed by atoms with Crippen LogP contribution in [0.25, 0.3) is 0 Å². The molecule has 0 spiro atoms. The van der Waals surface area contributed by atoms with Crippen LogP contribution in [-0.4, -0.2) is 29.4 Å². The molecular formula is C23H48O4S. The number of aliphatic hydroxyl groups excluding tert-OH is 1. The van der Waals surface area contributed by atoms with E-state index in [1.165, 1.54) is 38.5 Å². The molecule has 4 nitrogen and oxygen atoms in total. The average molecular weight is 421 g/mol. The smallest absolute Gasteiger partial charge is 0.267 e. The molecule has 28 heavy (non-hydrogen) atoms. The van der Waals surface area contributed by atoms with E-state index >= 15 is 0 Å². The van der Waals surface area contributed by atoms with E-state index in [1.807, 2.05) is 6.92 Å². The van der Waals surface area contributed by atoms with Gasteiger partial charge in [-0.1, -0.05) is 110 Å². The fraction of sp³-hybridized carbons (Fsp3) is 1.00. The SMILES string of the molecule is CCCCCCCCCC(O)CCCCCCCCC(CCCC)S(=O)(=O)O. The van der Waals surface area contributed by atoms with Crippen molar-refractivity contribution in [2.24, 2.45) is 0 Å². The van der Waals surface area contributed by atoms with Gasteiger partial charge in [-0.15, -0.1) is 0 Å². The Balaban J connectivity index is 3.50.